The molecule has 1 fully saturated rings. The number of hydrogen-bond acceptors (Lipinski definition) is 5. The highest BCUT2D eigenvalue weighted by Gasteiger charge is 2.27. The van der Waals surface area contributed by atoms with Crippen molar-refractivity contribution < 1.29 is 13.2 Å². The lowest BCUT2D eigenvalue weighted by Crippen LogP contribution is -2.43. The first-order chi connectivity index (χ1) is 15.7. The molecule has 1 saturated heterocycles. The molecule has 1 aliphatic rings. The molecule has 0 radical (unpaired) electrons. The molecule has 182 valence electrons. The Hall–Kier alpha value is -1.97. The number of aromatic nitrogens is 2. The number of sulfone groups is 1. The van der Waals surface area contributed by atoms with Crippen LogP contribution in [-0.2, 0) is 33.4 Å². The minimum absolute atomic E-state index is 0.0708. The predicted octanol–water partition coefficient (Wildman–Crippen LogP) is 3.70. The van der Waals surface area contributed by atoms with E-state index in [1.54, 1.807) is 6.20 Å². The topological polar surface area (TPSA) is 76.5 Å². The lowest BCUT2D eigenvalue weighted by atomic mass is 10.2. The number of hydrogen-bond donors (Lipinski definition) is 1. The summed E-state index contributed by atoms with van der Waals surface area (Å²) in [5.74, 6) is 0.191. The fraction of sp³-hybridized carbons (Fsp3) is 0.583. The number of thiocarbonyl (C=S) groups is 1. The van der Waals surface area contributed by atoms with Gasteiger partial charge < -0.3 is 19.5 Å². The van der Waals surface area contributed by atoms with Crippen molar-refractivity contribution in [3.8, 4) is 0 Å². The van der Waals surface area contributed by atoms with E-state index < -0.39 is 9.84 Å². The average molecular weight is 493 g/mol. The second-order valence-electron chi connectivity index (χ2n) is 9.14. The maximum absolute atomic E-state index is 13.4. The van der Waals surface area contributed by atoms with E-state index in [0.29, 0.717) is 24.7 Å². The summed E-state index contributed by atoms with van der Waals surface area (Å²) in [4.78, 5) is 6.47. The number of nitrogens with zero attached hydrogens (tertiary/aromatic N) is 3. The first-order valence-electron chi connectivity index (χ1n) is 11.7. The first-order valence-corrected chi connectivity index (χ1v) is 13.7. The lowest BCUT2D eigenvalue weighted by Gasteiger charge is -2.28. The SMILES string of the molecule is CCNC(=S)N(Cc1cnc(S(=O)(=O)Cc2cccc(C)c2)n1CC(C)C)C[C@@H]1CCCO1. The van der Waals surface area contributed by atoms with E-state index in [4.69, 9.17) is 17.0 Å². The smallest absolute Gasteiger partial charge is 0.228 e. The molecule has 0 spiro atoms. The fourth-order valence-corrected chi connectivity index (χ4v) is 5.90. The molecule has 1 aromatic heterocycles. The van der Waals surface area contributed by atoms with Gasteiger partial charge in [-0.2, -0.15) is 0 Å². The summed E-state index contributed by atoms with van der Waals surface area (Å²) >= 11 is 5.63. The van der Waals surface area contributed by atoms with Crippen LogP contribution in [0.1, 0.15) is 50.4 Å². The van der Waals surface area contributed by atoms with E-state index in [1.165, 1.54) is 0 Å². The number of imidazole rings is 1. The molecule has 0 amide bonds. The van der Waals surface area contributed by atoms with Crippen molar-refractivity contribution in [2.75, 3.05) is 19.7 Å². The Balaban J connectivity index is 1.90. The quantitative estimate of drug-likeness (QED) is 0.507. The van der Waals surface area contributed by atoms with Gasteiger partial charge in [0.1, 0.15) is 0 Å². The van der Waals surface area contributed by atoms with Crippen LogP contribution in [0, 0.1) is 12.8 Å². The van der Waals surface area contributed by atoms with Gasteiger partial charge in [-0.1, -0.05) is 43.7 Å². The second-order valence-corrected chi connectivity index (χ2v) is 11.4. The van der Waals surface area contributed by atoms with Crippen LogP contribution < -0.4 is 5.32 Å². The molecule has 2 aromatic rings. The van der Waals surface area contributed by atoms with Gasteiger partial charge in [-0.05, 0) is 50.4 Å². The predicted molar refractivity (Wildman–Crippen MR) is 135 cm³/mol. The molecule has 2 heterocycles. The maximum atomic E-state index is 13.4. The van der Waals surface area contributed by atoms with Gasteiger partial charge in [-0.3, -0.25) is 0 Å². The second kappa shape index (κ2) is 11.4. The first kappa shape index (κ1) is 25.6. The Morgan fingerprint density at radius 1 is 1.39 bits per heavy atom. The van der Waals surface area contributed by atoms with E-state index in [-0.39, 0.29) is 22.9 Å². The summed E-state index contributed by atoms with van der Waals surface area (Å²) in [6, 6.07) is 7.60. The van der Waals surface area contributed by atoms with Crippen LogP contribution in [0.4, 0.5) is 0 Å². The maximum Gasteiger partial charge on any atom is 0.228 e. The third-order valence-corrected chi connectivity index (χ3v) is 7.58. The Morgan fingerprint density at radius 2 is 2.18 bits per heavy atom. The summed E-state index contributed by atoms with van der Waals surface area (Å²) < 4.78 is 34.4. The molecule has 9 heteroatoms. The zero-order valence-electron chi connectivity index (χ0n) is 20.1. The van der Waals surface area contributed by atoms with Crippen molar-refractivity contribution >= 4 is 27.2 Å². The number of aryl methyl sites for hydroxylation is 1. The highest BCUT2D eigenvalue weighted by molar-refractivity contribution is 7.90. The van der Waals surface area contributed by atoms with Gasteiger partial charge in [-0.25, -0.2) is 13.4 Å². The summed E-state index contributed by atoms with van der Waals surface area (Å²) in [7, 11) is -3.61. The van der Waals surface area contributed by atoms with Crippen molar-refractivity contribution in [3.05, 3.63) is 47.3 Å². The number of rotatable bonds is 10. The van der Waals surface area contributed by atoms with Gasteiger partial charge in [0.25, 0.3) is 0 Å². The molecule has 0 saturated carbocycles. The molecule has 7 nitrogen and oxygen atoms in total. The molecular weight excluding hydrogens is 456 g/mol. The molecule has 1 aromatic carbocycles. The molecule has 1 atom stereocenters. The van der Waals surface area contributed by atoms with Crippen LogP contribution in [0.25, 0.3) is 0 Å². The molecule has 0 aliphatic carbocycles. The normalized spacial score (nSPS) is 16.3. The largest absolute Gasteiger partial charge is 0.376 e. The van der Waals surface area contributed by atoms with Gasteiger partial charge in [0, 0.05) is 26.2 Å². The molecule has 0 unspecified atom stereocenters. The summed E-state index contributed by atoms with van der Waals surface area (Å²) in [5.41, 5.74) is 2.64. The van der Waals surface area contributed by atoms with Crippen molar-refractivity contribution in [3.63, 3.8) is 0 Å². The van der Waals surface area contributed by atoms with Gasteiger partial charge in [0.15, 0.2) is 5.11 Å². The zero-order chi connectivity index (χ0) is 24.0. The Bertz CT molecular complexity index is 1040. The Morgan fingerprint density at radius 3 is 2.82 bits per heavy atom. The van der Waals surface area contributed by atoms with Gasteiger partial charge >= 0.3 is 0 Å². The highest BCUT2D eigenvalue weighted by Crippen LogP contribution is 2.22. The molecule has 0 bridgehead atoms. The Labute approximate surface area is 203 Å². The Kier molecular flexibility index (Phi) is 8.89. The number of ether oxygens (including phenoxy) is 1. The van der Waals surface area contributed by atoms with Crippen molar-refractivity contribution in [2.45, 2.75) is 70.6 Å². The van der Waals surface area contributed by atoms with Crippen molar-refractivity contribution in [1.29, 1.82) is 0 Å². The van der Waals surface area contributed by atoms with Crippen molar-refractivity contribution in [1.82, 2.24) is 19.8 Å². The van der Waals surface area contributed by atoms with Crippen LogP contribution in [0.3, 0.4) is 0 Å². The lowest BCUT2D eigenvalue weighted by molar-refractivity contribution is 0.0892. The molecule has 1 N–H and O–H groups in total. The standard InChI is InChI=1S/C24H36N4O3S2/c1-5-25-23(32)27(16-22-10-7-11-31-22)15-21-13-26-24(28(21)14-18(2)3)33(29,30)17-20-9-6-8-19(4)12-20/h6,8-9,12-13,18,22H,5,7,10-11,14-17H2,1-4H3,(H,25,32)/t22-/m0/s1. The molecule has 3 rings (SSSR count). The van der Waals surface area contributed by atoms with Crippen molar-refractivity contribution in [2.24, 2.45) is 5.92 Å². The molecular formula is C24H36N4O3S2. The highest BCUT2D eigenvalue weighted by atomic mass is 32.2. The minimum Gasteiger partial charge on any atom is -0.376 e. The van der Waals surface area contributed by atoms with Crippen LogP contribution >= 0.6 is 12.2 Å². The number of nitrogens with one attached hydrogen (secondary N) is 1. The van der Waals surface area contributed by atoms with Gasteiger partial charge in [0.05, 0.1) is 30.3 Å². The van der Waals surface area contributed by atoms with Crippen LogP contribution in [-0.4, -0.2) is 53.8 Å². The third-order valence-electron chi connectivity index (χ3n) is 5.58. The summed E-state index contributed by atoms with van der Waals surface area (Å²) in [6.45, 7) is 11.3. The third kappa shape index (κ3) is 7.01. The van der Waals surface area contributed by atoms with Crippen LogP contribution in [0.15, 0.2) is 35.6 Å². The monoisotopic (exact) mass is 492 g/mol. The van der Waals surface area contributed by atoms with Gasteiger partial charge in [-0.15, -0.1) is 0 Å². The fourth-order valence-electron chi connectivity index (χ4n) is 4.12. The molecule has 1 aliphatic heterocycles. The van der Waals surface area contributed by atoms with E-state index in [1.807, 2.05) is 42.7 Å². The van der Waals surface area contributed by atoms with E-state index >= 15 is 0 Å². The summed E-state index contributed by atoms with van der Waals surface area (Å²) in [5, 5.41) is 4.00. The molecule has 33 heavy (non-hydrogen) atoms. The van der Waals surface area contributed by atoms with Crippen LogP contribution in [0.2, 0.25) is 0 Å². The summed E-state index contributed by atoms with van der Waals surface area (Å²) in [6.07, 6.45) is 3.88. The number of benzene rings is 1. The average Bonchev–Trinajstić information content (AvgIpc) is 3.37. The van der Waals surface area contributed by atoms with E-state index in [9.17, 15) is 8.42 Å². The van der Waals surface area contributed by atoms with Crippen LogP contribution in [0.5, 0.6) is 0 Å². The zero-order valence-corrected chi connectivity index (χ0v) is 21.7. The minimum atomic E-state index is -3.61. The van der Waals surface area contributed by atoms with E-state index in [0.717, 1.165) is 42.8 Å². The van der Waals surface area contributed by atoms with Gasteiger partial charge in [0.2, 0.25) is 15.0 Å². The van der Waals surface area contributed by atoms with E-state index in [2.05, 4.69) is 29.0 Å².